The molecule has 3 N–H and O–H groups in total. The van der Waals surface area contributed by atoms with Crippen LogP contribution in [0.1, 0.15) is 6.92 Å². The molecule has 1 unspecified atom stereocenters. The van der Waals surface area contributed by atoms with Crippen molar-refractivity contribution in [1.82, 2.24) is 14.3 Å². The van der Waals surface area contributed by atoms with Gasteiger partial charge in [-0.15, -0.1) is 0 Å². The second kappa shape index (κ2) is 6.12. The molecular weight excluding hydrogens is 363 g/mol. The first-order valence-corrected chi connectivity index (χ1v) is 8.30. The molecule has 1 atom stereocenters. The van der Waals surface area contributed by atoms with Gasteiger partial charge in [-0.25, -0.2) is 22.5 Å². The molecular formula is C12H14BrFN4O2S. The number of nitrogens with one attached hydrogen (secondary N) is 1. The molecule has 1 aromatic carbocycles. The van der Waals surface area contributed by atoms with Crippen LogP contribution in [0.25, 0.3) is 0 Å². The van der Waals surface area contributed by atoms with Crippen molar-refractivity contribution in [3.63, 3.8) is 0 Å². The van der Waals surface area contributed by atoms with E-state index in [2.05, 4.69) is 25.6 Å². The normalized spacial score (nSPS) is 13.3. The minimum absolute atomic E-state index is 0.0411. The number of aromatic nitrogens is 2. The monoisotopic (exact) mass is 376 g/mol. The van der Waals surface area contributed by atoms with Gasteiger partial charge >= 0.3 is 0 Å². The Balaban J connectivity index is 2.20. The minimum Gasteiger partial charge on any atom is -0.398 e. The number of halogens is 2. The van der Waals surface area contributed by atoms with Gasteiger partial charge < -0.3 is 10.3 Å². The second-order valence-electron chi connectivity index (χ2n) is 4.59. The quantitative estimate of drug-likeness (QED) is 0.777. The number of nitrogens with zero attached hydrogens (tertiary/aromatic N) is 2. The van der Waals surface area contributed by atoms with Crippen LogP contribution in [0.2, 0.25) is 0 Å². The Hall–Kier alpha value is -1.45. The SMILES string of the molecule is CC(Cn1ccnc1)NS(=O)(=O)c1cc(Br)c(F)cc1N. The minimum atomic E-state index is -3.84. The lowest BCUT2D eigenvalue weighted by Gasteiger charge is -2.16. The molecule has 114 valence electrons. The van der Waals surface area contributed by atoms with Crippen LogP contribution in [0.4, 0.5) is 10.1 Å². The maximum atomic E-state index is 13.3. The highest BCUT2D eigenvalue weighted by Gasteiger charge is 2.22. The predicted molar refractivity (Wildman–Crippen MR) is 80.5 cm³/mol. The summed E-state index contributed by atoms with van der Waals surface area (Å²) in [6, 6.07) is 1.74. The summed E-state index contributed by atoms with van der Waals surface area (Å²) >= 11 is 2.95. The predicted octanol–water partition coefficient (Wildman–Crippen LogP) is 1.73. The fraction of sp³-hybridized carbons (Fsp3) is 0.250. The fourth-order valence-electron chi connectivity index (χ4n) is 1.85. The van der Waals surface area contributed by atoms with E-state index in [4.69, 9.17) is 5.73 Å². The van der Waals surface area contributed by atoms with Gasteiger partial charge in [0.2, 0.25) is 10.0 Å². The van der Waals surface area contributed by atoms with Crippen LogP contribution in [-0.4, -0.2) is 24.0 Å². The number of nitrogens with two attached hydrogens (primary N) is 1. The fourth-order valence-corrected chi connectivity index (χ4v) is 3.72. The number of hydrogen-bond acceptors (Lipinski definition) is 4. The van der Waals surface area contributed by atoms with Gasteiger partial charge in [-0.05, 0) is 35.0 Å². The summed E-state index contributed by atoms with van der Waals surface area (Å²) in [7, 11) is -3.84. The Bertz CT molecular complexity index is 734. The van der Waals surface area contributed by atoms with E-state index in [0.717, 1.165) is 12.1 Å². The number of imidazole rings is 1. The average molecular weight is 377 g/mol. The van der Waals surface area contributed by atoms with Crippen molar-refractivity contribution in [1.29, 1.82) is 0 Å². The molecule has 1 aromatic heterocycles. The lowest BCUT2D eigenvalue weighted by Crippen LogP contribution is -2.35. The van der Waals surface area contributed by atoms with Crippen LogP contribution in [0.5, 0.6) is 0 Å². The first-order chi connectivity index (χ1) is 9.79. The maximum absolute atomic E-state index is 13.3. The lowest BCUT2D eigenvalue weighted by molar-refractivity contribution is 0.520. The average Bonchev–Trinajstić information content (AvgIpc) is 2.85. The largest absolute Gasteiger partial charge is 0.398 e. The lowest BCUT2D eigenvalue weighted by atomic mass is 10.3. The second-order valence-corrected chi connectivity index (χ2v) is 7.12. The highest BCUT2D eigenvalue weighted by Crippen LogP contribution is 2.26. The third kappa shape index (κ3) is 3.80. The third-order valence-corrected chi connectivity index (χ3v) is 5.00. The van der Waals surface area contributed by atoms with Gasteiger partial charge in [-0.3, -0.25) is 0 Å². The third-order valence-electron chi connectivity index (χ3n) is 2.74. The van der Waals surface area contributed by atoms with Crippen molar-refractivity contribution in [2.45, 2.75) is 24.4 Å². The molecule has 0 aliphatic carbocycles. The summed E-state index contributed by atoms with van der Waals surface area (Å²) in [5.74, 6) is -0.613. The Morgan fingerprint density at radius 2 is 2.24 bits per heavy atom. The zero-order chi connectivity index (χ0) is 15.6. The van der Waals surface area contributed by atoms with Gasteiger partial charge in [0.15, 0.2) is 0 Å². The van der Waals surface area contributed by atoms with Gasteiger partial charge in [-0.2, -0.15) is 0 Å². The van der Waals surface area contributed by atoms with Crippen molar-refractivity contribution < 1.29 is 12.8 Å². The number of anilines is 1. The molecule has 0 amide bonds. The zero-order valence-corrected chi connectivity index (χ0v) is 13.5. The van der Waals surface area contributed by atoms with E-state index in [1.165, 1.54) is 0 Å². The highest BCUT2D eigenvalue weighted by molar-refractivity contribution is 9.10. The summed E-state index contributed by atoms with van der Waals surface area (Å²) in [4.78, 5) is 3.72. The Labute approximate surface area is 130 Å². The van der Waals surface area contributed by atoms with Gasteiger partial charge in [0.05, 0.1) is 16.5 Å². The molecule has 0 fully saturated rings. The number of rotatable bonds is 5. The van der Waals surface area contributed by atoms with E-state index >= 15 is 0 Å². The number of hydrogen-bond donors (Lipinski definition) is 2. The highest BCUT2D eigenvalue weighted by atomic mass is 79.9. The van der Waals surface area contributed by atoms with Crippen LogP contribution in [-0.2, 0) is 16.6 Å². The van der Waals surface area contributed by atoms with Crippen molar-refractivity contribution in [2.24, 2.45) is 0 Å². The van der Waals surface area contributed by atoms with E-state index in [-0.39, 0.29) is 21.1 Å². The molecule has 0 saturated heterocycles. The molecule has 0 saturated carbocycles. The van der Waals surface area contributed by atoms with Gasteiger partial charge in [0.1, 0.15) is 10.7 Å². The molecule has 0 aliphatic rings. The Morgan fingerprint density at radius 3 is 2.86 bits per heavy atom. The molecule has 0 aliphatic heterocycles. The van der Waals surface area contributed by atoms with E-state index in [0.29, 0.717) is 6.54 Å². The van der Waals surface area contributed by atoms with Crippen LogP contribution in [0, 0.1) is 5.82 Å². The summed E-state index contributed by atoms with van der Waals surface area (Å²) in [6.45, 7) is 2.13. The first kappa shape index (κ1) is 15.9. The molecule has 2 aromatic rings. The Morgan fingerprint density at radius 1 is 1.52 bits per heavy atom. The number of sulfonamides is 1. The molecule has 2 rings (SSSR count). The molecule has 6 nitrogen and oxygen atoms in total. The van der Waals surface area contributed by atoms with Gasteiger partial charge in [-0.1, -0.05) is 0 Å². The van der Waals surface area contributed by atoms with Crippen molar-refractivity contribution in [3.05, 3.63) is 41.1 Å². The molecule has 21 heavy (non-hydrogen) atoms. The van der Waals surface area contributed by atoms with Gasteiger partial charge in [0.25, 0.3) is 0 Å². The molecule has 9 heteroatoms. The Kier molecular flexibility index (Phi) is 4.64. The molecule has 0 bridgehead atoms. The topological polar surface area (TPSA) is 90.0 Å². The smallest absolute Gasteiger partial charge is 0.242 e. The first-order valence-electron chi connectivity index (χ1n) is 6.02. The van der Waals surface area contributed by atoms with Crippen LogP contribution in [0.15, 0.2) is 40.2 Å². The summed E-state index contributed by atoms with van der Waals surface area (Å²) in [5.41, 5.74) is 5.45. The zero-order valence-electron chi connectivity index (χ0n) is 11.1. The number of nitrogen functional groups attached to an aromatic ring is 1. The molecule has 0 radical (unpaired) electrons. The van der Waals surface area contributed by atoms with Crippen LogP contribution < -0.4 is 10.5 Å². The van der Waals surface area contributed by atoms with Crippen molar-refractivity contribution in [3.8, 4) is 0 Å². The maximum Gasteiger partial charge on any atom is 0.242 e. The molecule has 1 heterocycles. The standard InChI is InChI=1S/C12H14BrFN4O2S/c1-8(6-18-3-2-16-7-18)17-21(19,20)12-4-9(13)10(14)5-11(12)15/h2-5,7-8,17H,6,15H2,1H3. The van der Waals surface area contributed by atoms with Crippen LogP contribution in [0.3, 0.4) is 0 Å². The number of benzene rings is 1. The summed E-state index contributed by atoms with van der Waals surface area (Å²) in [5, 5.41) is 0. The van der Waals surface area contributed by atoms with E-state index < -0.39 is 15.8 Å². The van der Waals surface area contributed by atoms with Gasteiger partial charge in [0, 0.05) is 25.0 Å². The van der Waals surface area contributed by atoms with E-state index in [1.807, 2.05) is 0 Å². The van der Waals surface area contributed by atoms with Crippen molar-refractivity contribution in [2.75, 3.05) is 5.73 Å². The van der Waals surface area contributed by atoms with E-state index in [1.54, 1.807) is 30.2 Å². The van der Waals surface area contributed by atoms with E-state index in [9.17, 15) is 12.8 Å². The van der Waals surface area contributed by atoms with Crippen LogP contribution >= 0.6 is 15.9 Å². The summed E-state index contributed by atoms with van der Waals surface area (Å²) < 4.78 is 42.2. The summed E-state index contributed by atoms with van der Waals surface area (Å²) in [6.07, 6.45) is 4.93. The molecule has 0 spiro atoms. The van der Waals surface area contributed by atoms with Crippen molar-refractivity contribution >= 4 is 31.6 Å².